The van der Waals surface area contributed by atoms with E-state index in [1.807, 2.05) is 24.4 Å². The van der Waals surface area contributed by atoms with Gasteiger partial charge in [0, 0.05) is 37.4 Å². The van der Waals surface area contributed by atoms with Crippen molar-refractivity contribution in [3.05, 3.63) is 54.7 Å². The number of benzene rings is 2. The molecule has 6 heteroatoms. The van der Waals surface area contributed by atoms with Gasteiger partial charge in [0.15, 0.2) is 0 Å². The fourth-order valence-electron chi connectivity index (χ4n) is 3.68. The summed E-state index contributed by atoms with van der Waals surface area (Å²) in [4.78, 5) is 13.1. The molecule has 0 radical (unpaired) electrons. The van der Waals surface area contributed by atoms with Gasteiger partial charge in [-0.1, -0.05) is 30.3 Å². The molecule has 1 aliphatic heterocycles. The lowest BCUT2D eigenvalue weighted by Gasteiger charge is -2.34. The molecule has 0 aliphatic carbocycles. The summed E-state index contributed by atoms with van der Waals surface area (Å²) in [5.41, 5.74) is 6.35. The van der Waals surface area contributed by atoms with Crippen molar-refractivity contribution in [3.8, 4) is 22.6 Å². The van der Waals surface area contributed by atoms with Crippen LogP contribution in [0.5, 0.6) is 0 Å². The van der Waals surface area contributed by atoms with Gasteiger partial charge in [-0.2, -0.15) is 5.10 Å². The van der Waals surface area contributed by atoms with Crippen LogP contribution in [0.4, 0.5) is 5.69 Å². The quantitative estimate of drug-likeness (QED) is 0.589. The highest BCUT2D eigenvalue weighted by Crippen LogP contribution is 2.30. The number of H-pyrrole nitrogens is 2. The SMILES string of the molecule is CN1CCN(c2ccc3nc(-c4cn[nH]c4-c4ccccc4)[nH]c3c2)CC1. The number of aromatic nitrogens is 4. The van der Waals surface area contributed by atoms with Crippen LogP contribution in [0.3, 0.4) is 0 Å². The second kappa shape index (κ2) is 6.55. The van der Waals surface area contributed by atoms with E-state index in [4.69, 9.17) is 4.98 Å². The summed E-state index contributed by atoms with van der Waals surface area (Å²) < 4.78 is 0. The van der Waals surface area contributed by atoms with Gasteiger partial charge in [-0.15, -0.1) is 0 Å². The van der Waals surface area contributed by atoms with E-state index in [2.05, 4.69) is 62.4 Å². The molecule has 3 heterocycles. The molecule has 1 aliphatic rings. The van der Waals surface area contributed by atoms with E-state index in [0.29, 0.717) is 0 Å². The van der Waals surface area contributed by atoms with Crippen molar-refractivity contribution in [1.82, 2.24) is 25.1 Å². The summed E-state index contributed by atoms with van der Waals surface area (Å²) in [6.07, 6.45) is 1.83. The highest BCUT2D eigenvalue weighted by Gasteiger charge is 2.17. The van der Waals surface area contributed by atoms with Crippen molar-refractivity contribution < 1.29 is 0 Å². The van der Waals surface area contributed by atoms with Gasteiger partial charge in [-0.3, -0.25) is 5.10 Å². The van der Waals surface area contributed by atoms with Crippen LogP contribution >= 0.6 is 0 Å². The average Bonchev–Trinajstić information content (AvgIpc) is 3.35. The zero-order valence-corrected chi connectivity index (χ0v) is 15.3. The molecule has 1 saturated heterocycles. The highest BCUT2D eigenvalue weighted by atomic mass is 15.2. The van der Waals surface area contributed by atoms with Gasteiger partial charge in [0.1, 0.15) is 5.82 Å². The molecule has 4 aromatic rings. The van der Waals surface area contributed by atoms with Crippen LogP contribution in [0.25, 0.3) is 33.7 Å². The summed E-state index contributed by atoms with van der Waals surface area (Å²) in [5.74, 6) is 0.841. The molecular weight excluding hydrogens is 336 g/mol. The lowest BCUT2D eigenvalue weighted by atomic mass is 10.1. The minimum Gasteiger partial charge on any atom is -0.369 e. The van der Waals surface area contributed by atoms with Gasteiger partial charge in [0.2, 0.25) is 0 Å². The van der Waals surface area contributed by atoms with E-state index >= 15 is 0 Å². The van der Waals surface area contributed by atoms with E-state index in [0.717, 1.165) is 59.9 Å². The number of aromatic amines is 2. The zero-order valence-electron chi connectivity index (χ0n) is 15.3. The summed E-state index contributed by atoms with van der Waals surface area (Å²) in [6.45, 7) is 4.31. The second-order valence-electron chi connectivity index (χ2n) is 7.10. The number of nitrogens with zero attached hydrogens (tertiary/aromatic N) is 4. The Labute approximate surface area is 157 Å². The number of imidazole rings is 1. The Morgan fingerprint density at radius 2 is 1.78 bits per heavy atom. The zero-order chi connectivity index (χ0) is 18.2. The first-order chi connectivity index (χ1) is 13.3. The van der Waals surface area contributed by atoms with E-state index in [-0.39, 0.29) is 0 Å². The van der Waals surface area contributed by atoms with Gasteiger partial charge in [-0.05, 0) is 25.2 Å². The predicted octanol–water partition coefficient (Wildman–Crippen LogP) is 3.37. The average molecular weight is 358 g/mol. The van der Waals surface area contributed by atoms with Crippen LogP contribution in [-0.4, -0.2) is 58.3 Å². The number of anilines is 1. The number of hydrogen-bond acceptors (Lipinski definition) is 4. The molecular formula is C21H22N6. The van der Waals surface area contributed by atoms with E-state index in [1.165, 1.54) is 5.69 Å². The van der Waals surface area contributed by atoms with Crippen LogP contribution in [-0.2, 0) is 0 Å². The monoisotopic (exact) mass is 358 g/mol. The van der Waals surface area contributed by atoms with Gasteiger partial charge in [-0.25, -0.2) is 4.98 Å². The predicted molar refractivity (Wildman–Crippen MR) is 109 cm³/mol. The van der Waals surface area contributed by atoms with Gasteiger partial charge < -0.3 is 14.8 Å². The number of likely N-dealkylation sites (N-methyl/N-ethyl adjacent to an activating group) is 1. The number of piperazine rings is 1. The molecule has 2 aromatic carbocycles. The first-order valence-corrected chi connectivity index (χ1v) is 9.30. The van der Waals surface area contributed by atoms with E-state index in [1.54, 1.807) is 0 Å². The Morgan fingerprint density at radius 1 is 0.963 bits per heavy atom. The molecule has 5 rings (SSSR count). The Bertz CT molecular complexity index is 1060. The topological polar surface area (TPSA) is 63.8 Å². The third-order valence-electron chi connectivity index (χ3n) is 5.29. The summed E-state index contributed by atoms with van der Waals surface area (Å²) >= 11 is 0. The summed E-state index contributed by atoms with van der Waals surface area (Å²) in [7, 11) is 2.18. The minimum atomic E-state index is 0.841. The Kier molecular flexibility index (Phi) is 3.90. The van der Waals surface area contributed by atoms with Gasteiger partial charge >= 0.3 is 0 Å². The van der Waals surface area contributed by atoms with Crippen LogP contribution in [0, 0.1) is 0 Å². The summed E-state index contributed by atoms with van der Waals surface area (Å²) in [5, 5.41) is 7.35. The largest absolute Gasteiger partial charge is 0.369 e. The first kappa shape index (κ1) is 16.1. The van der Waals surface area contributed by atoms with Gasteiger partial charge in [0.25, 0.3) is 0 Å². The smallest absolute Gasteiger partial charge is 0.142 e. The fraction of sp³-hybridized carbons (Fsp3) is 0.238. The molecule has 0 bridgehead atoms. The number of rotatable bonds is 3. The molecule has 0 saturated carbocycles. The van der Waals surface area contributed by atoms with Crippen molar-refractivity contribution >= 4 is 16.7 Å². The fourth-order valence-corrected chi connectivity index (χ4v) is 3.68. The standard InChI is InChI=1S/C21H22N6/c1-26-9-11-27(12-10-26)16-7-8-18-19(13-16)24-21(23-18)17-14-22-25-20(17)15-5-3-2-4-6-15/h2-8,13-14H,9-12H2,1H3,(H,22,25)(H,23,24). The van der Waals surface area contributed by atoms with Crippen LogP contribution < -0.4 is 4.90 Å². The molecule has 0 spiro atoms. The van der Waals surface area contributed by atoms with Crippen LogP contribution in [0.1, 0.15) is 0 Å². The molecule has 6 nitrogen and oxygen atoms in total. The normalized spacial score (nSPS) is 15.5. The highest BCUT2D eigenvalue weighted by molar-refractivity contribution is 5.86. The van der Waals surface area contributed by atoms with Crippen molar-refractivity contribution in [1.29, 1.82) is 0 Å². The summed E-state index contributed by atoms with van der Waals surface area (Å²) in [6, 6.07) is 16.7. The molecule has 1 fully saturated rings. The third-order valence-corrected chi connectivity index (χ3v) is 5.29. The van der Waals surface area contributed by atoms with Crippen molar-refractivity contribution in [3.63, 3.8) is 0 Å². The van der Waals surface area contributed by atoms with Crippen molar-refractivity contribution in [2.75, 3.05) is 38.1 Å². The van der Waals surface area contributed by atoms with E-state index in [9.17, 15) is 0 Å². The molecule has 2 aromatic heterocycles. The maximum Gasteiger partial charge on any atom is 0.142 e. The molecule has 0 amide bonds. The van der Waals surface area contributed by atoms with Crippen molar-refractivity contribution in [2.24, 2.45) is 0 Å². The molecule has 27 heavy (non-hydrogen) atoms. The Balaban J connectivity index is 1.50. The van der Waals surface area contributed by atoms with E-state index < -0.39 is 0 Å². The lowest BCUT2D eigenvalue weighted by molar-refractivity contribution is 0.313. The van der Waals surface area contributed by atoms with Crippen LogP contribution in [0.2, 0.25) is 0 Å². The molecule has 0 unspecified atom stereocenters. The number of fused-ring (bicyclic) bond motifs is 1. The number of hydrogen-bond donors (Lipinski definition) is 2. The molecule has 0 atom stereocenters. The lowest BCUT2D eigenvalue weighted by Crippen LogP contribution is -2.44. The van der Waals surface area contributed by atoms with Gasteiger partial charge in [0.05, 0.1) is 28.5 Å². The third kappa shape index (κ3) is 2.98. The van der Waals surface area contributed by atoms with Crippen LogP contribution in [0.15, 0.2) is 54.7 Å². The minimum absolute atomic E-state index is 0.841. The molecule has 2 N–H and O–H groups in total. The van der Waals surface area contributed by atoms with Crippen molar-refractivity contribution in [2.45, 2.75) is 0 Å². The second-order valence-corrected chi connectivity index (χ2v) is 7.10. The first-order valence-electron chi connectivity index (χ1n) is 9.30. The maximum absolute atomic E-state index is 4.80. The number of nitrogens with one attached hydrogen (secondary N) is 2. The Morgan fingerprint density at radius 3 is 2.59 bits per heavy atom. The molecule has 136 valence electrons. The Hall–Kier alpha value is -3.12. The maximum atomic E-state index is 4.80.